The number of phenols is 1. The fourth-order valence-corrected chi connectivity index (χ4v) is 2.81. The Morgan fingerprint density at radius 3 is 2.61 bits per heavy atom. The maximum Gasteiger partial charge on any atom is 0.253 e. The third kappa shape index (κ3) is 3.50. The molecule has 1 amide bonds. The fraction of sp³-hybridized carbons (Fsp3) is 0.222. The van der Waals surface area contributed by atoms with Crippen LogP contribution in [0.3, 0.4) is 0 Å². The van der Waals surface area contributed by atoms with E-state index in [1.165, 1.54) is 12.1 Å². The molecule has 0 fully saturated rings. The van der Waals surface area contributed by atoms with Crippen molar-refractivity contribution in [3.8, 4) is 5.75 Å². The van der Waals surface area contributed by atoms with Gasteiger partial charge in [0, 0.05) is 25.7 Å². The molecule has 2 aromatic carbocycles. The molecule has 146 valence electrons. The van der Waals surface area contributed by atoms with Crippen LogP contribution in [-0.2, 0) is 0 Å². The van der Waals surface area contributed by atoms with Gasteiger partial charge in [-0.05, 0) is 12.1 Å². The van der Waals surface area contributed by atoms with Gasteiger partial charge < -0.3 is 30.9 Å². The minimum atomic E-state index is -0.608. The summed E-state index contributed by atoms with van der Waals surface area (Å²) in [5, 5.41) is 33.3. The zero-order chi connectivity index (χ0) is 20.3. The van der Waals surface area contributed by atoms with E-state index in [4.69, 9.17) is 5.11 Å². The lowest BCUT2D eigenvalue weighted by atomic mass is 10.1. The minimum absolute atomic E-state index is 0.0163. The second-order valence-electron chi connectivity index (χ2n) is 5.96. The summed E-state index contributed by atoms with van der Waals surface area (Å²) in [6.07, 6.45) is 0.587. The Labute approximate surface area is 157 Å². The molecule has 1 heterocycles. The van der Waals surface area contributed by atoms with Crippen LogP contribution >= 0.6 is 0 Å². The monoisotopic (exact) mass is 386 g/mol. The third-order valence-electron chi connectivity index (χ3n) is 4.15. The second-order valence-corrected chi connectivity index (χ2v) is 5.96. The van der Waals surface area contributed by atoms with Crippen molar-refractivity contribution in [2.75, 3.05) is 26.2 Å². The number of hydrogen-bond acceptors (Lipinski definition) is 8. The third-order valence-corrected chi connectivity index (χ3v) is 4.15. The maximum atomic E-state index is 12.5. The number of phenolic OH excluding ortho intramolecular Hbond substituents is 1. The molecule has 0 aliphatic rings. The lowest BCUT2D eigenvalue weighted by Crippen LogP contribution is -2.33. The number of nitrogens with zero attached hydrogens (tertiary/aromatic N) is 1. The number of aromatic nitrogens is 2. The van der Waals surface area contributed by atoms with E-state index >= 15 is 0 Å². The number of amides is 1. The van der Waals surface area contributed by atoms with Crippen molar-refractivity contribution in [1.82, 2.24) is 20.6 Å². The molecule has 1 aromatic heterocycles. The van der Waals surface area contributed by atoms with Crippen LogP contribution in [0.1, 0.15) is 10.4 Å². The van der Waals surface area contributed by atoms with Crippen LogP contribution < -0.4 is 26.7 Å². The molecule has 10 heteroatoms. The molecule has 0 aliphatic heterocycles. The van der Waals surface area contributed by atoms with Gasteiger partial charge in [0.05, 0.1) is 29.2 Å². The number of nitrogens with one attached hydrogen (secondary N) is 3. The molecule has 0 aliphatic carbocycles. The van der Waals surface area contributed by atoms with E-state index in [0.29, 0.717) is 19.4 Å². The van der Waals surface area contributed by atoms with Crippen LogP contribution in [0.5, 0.6) is 5.75 Å². The Bertz CT molecular complexity index is 1220. The number of aromatic amines is 1. The fourth-order valence-electron chi connectivity index (χ4n) is 2.81. The Balaban J connectivity index is 2.12. The molecule has 10 nitrogen and oxygen atoms in total. The van der Waals surface area contributed by atoms with Crippen LogP contribution in [0.4, 0.5) is 0 Å². The van der Waals surface area contributed by atoms with E-state index in [1.54, 1.807) is 0 Å². The topological polar surface area (TPSA) is 165 Å². The van der Waals surface area contributed by atoms with Gasteiger partial charge in [0.1, 0.15) is 22.3 Å². The van der Waals surface area contributed by atoms with Crippen molar-refractivity contribution in [1.29, 1.82) is 0 Å². The van der Waals surface area contributed by atoms with Gasteiger partial charge in [0.25, 0.3) is 5.91 Å². The van der Waals surface area contributed by atoms with E-state index < -0.39 is 22.5 Å². The molecule has 0 bridgehead atoms. The van der Waals surface area contributed by atoms with Crippen molar-refractivity contribution in [2.24, 2.45) is 0 Å². The summed E-state index contributed by atoms with van der Waals surface area (Å²) in [5.74, 6) is -0.953. The maximum absolute atomic E-state index is 12.5. The molecular formula is C18H18N4O6. The Hall–Kier alpha value is -3.50. The summed E-state index contributed by atoms with van der Waals surface area (Å²) >= 11 is 0. The van der Waals surface area contributed by atoms with Gasteiger partial charge in [-0.15, -0.1) is 0 Å². The van der Waals surface area contributed by atoms with Gasteiger partial charge in [-0.3, -0.25) is 14.4 Å². The predicted molar refractivity (Wildman–Crippen MR) is 102 cm³/mol. The highest BCUT2D eigenvalue weighted by molar-refractivity contribution is 6.06. The van der Waals surface area contributed by atoms with Gasteiger partial charge in [-0.25, -0.2) is 4.98 Å². The number of benzene rings is 2. The van der Waals surface area contributed by atoms with Crippen molar-refractivity contribution >= 4 is 34.2 Å². The molecule has 28 heavy (non-hydrogen) atoms. The molecule has 0 saturated heterocycles. The first kappa shape index (κ1) is 19.3. The first-order valence-electron chi connectivity index (χ1n) is 8.44. The van der Waals surface area contributed by atoms with E-state index in [0.717, 1.165) is 6.07 Å². The molecule has 0 spiro atoms. The number of rotatable bonds is 6. The highest BCUT2D eigenvalue weighted by atomic mass is 16.3. The molecule has 0 unspecified atom stereocenters. The summed E-state index contributed by atoms with van der Waals surface area (Å²) in [4.78, 5) is 43.8. The lowest BCUT2D eigenvalue weighted by molar-refractivity contribution is 0.0955. The molecular weight excluding hydrogens is 368 g/mol. The van der Waals surface area contributed by atoms with Gasteiger partial charge in [0.15, 0.2) is 0 Å². The number of hydrogen-bond donors (Lipinski definition) is 6. The number of fused-ring (bicyclic) bond motifs is 2. The number of H-pyrrole nitrogens is 1. The molecule has 0 atom stereocenters. The van der Waals surface area contributed by atoms with Crippen molar-refractivity contribution in [3.63, 3.8) is 0 Å². The zero-order valence-electron chi connectivity index (χ0n) is 14.7. The zero-order valence-corrected chi connectivity index (χ0v) is 14.7. The van der Waals surface area contributed by atoms with Crippen LogP contribution in [0.2, 0.25) is 0 Å². The van der Waals surface area contributed by atoms with E-state index in [1.807, 2.05) is 0 Å². The highest BCUT2D eigenvalue weighted by Crippen LogP contribution is 2.15. The van der Waals surface area contributed by atoms with Crippen LogP contribution in [0.15, 0.2) is 27.8 Å². The first-order valence-corrected chi connectivity index (χ1v) is 8.44. The lowest BCUT2D eigenvalue weighted by Gasteiger charge is -2.09. The average Bonchev–Trinajstić information content (AvgIpc) is 2.67. The number of carbonyl (C=O) groups excluding carboxylic acids is 1. The van der Waals surface area contributed by atoms with Crippen molar-refractivity contribution in [3.05, 3.63) is 49.4 Å². The first-order chi connectivity index (χ1) is 13.5. The van der Waals surface area contributed by atoms with Gasteiger partial charge in [-0.1, -0.05) is 0 Å². The number of aliphatic hydroxyl groups is 2. The Morgan fingerprint density at radius 1 is 1.11 bits per heavy atom. The van der Waals surface area contributed by atoms with Crippen LogP contribution in [0, 0.1) is 0 Å². The molecule has 6 N–H and O–H groups in total. The summed E-state index contributed by atoms with van der Waals surface area (Å²) < 4.78 is 0. The molecule has 3 rings (SSSR count). The average molecular weight is 386 g/mol. The minimum Gasteiger partial charge on any atom is -0.515 e. The SMILES string of the molecule is O=C(NCCNCCO)c1ccc(=O)c2nc3/c(=C\O)c(O)cc(=O)c3[nH]c12. The summed E-state index contributed by atoms with van der Waals surface area (Å²) in [6, 6.07) is 3.41. The van der Waals surface area contributed by atoms with Crippen LogP contribution in [0.25, 0.3) is 28.3 Å². The molecule has 0 radical (unpaired) electrons. The van der Waals surface area contributed by atoms with E-state index in [-0.39, 0.29) is 46.0 Å². The standard InChI is InChI=1S/C18H18N4O6/c23-6-5-19-3-4-20-18(28)9-1-2-11(25)16-14(9)21-17-13(27)7-12(26)10(8-24)15(17)22-16/h1-2,7-8,19,21,23-24,26H,3-6H2,(H,20,28)/b10-8-. The van der Waals surface area contributed by atoms with E-state index in [9.17, 15) is 24.6 Å². The molecule has 0 saturated carbocycles. The summed E-state index contributed by atoms with van der Waals surface area (Å²) in [6.45, 7) is 1.10. The highest BCUT2D eigenvalue weighted by Gasteiger charge is 2.16. The normalized spacial score (nSPS) is 12.0. The van der Waals surface area contributed by atoms with Crippen LogP contribution in [-0.4, -0.2) is 57.4 Å². The summed E-state index contributed by atoms with van der Waals surface area (Å²) in [7, 11) is 0. The second kappa shape index (κ2) is 8.03. The Morgan fingerprint density at radius 2 is 1.89 bits per heavy atom. The quantitative estimate of drug-likeness (QED) is 0.219. The molecule has 3 aromatic rings. The van der Waals surface area contributed by atoms with Gasteiger partial charge in [-0.2, -0.15) is 0 Å². The number of aromatic hydroxyl groups is 1. The van der Waals surface area contributed by atoms with Gasteiger partial charge >= 0.3 is 0 Å². The number of aliphatic hydroxyl groups excluding tert-OH is 2. The summed E-state index contributed by atoms with van der Waals surface area (Å²) in [5.41, 5.74) is -1.15. The van der Waals surface area contributed by atoms with Crippen molar-refractivity contribution < 1.29 is 20.1 Å². The smallest absolute Gasteiger partial charge is 0.253 e. The van der Waals surface area contributed by atoms with E-state index in [2.05, 4.69) is 20.6 Å². The number of carbonyl (C=O) groups is 1. The van der Waals surface area contributed by atoms with Gasteiger partial charge in [0.2, 0.25) is 10.9 Å². The largest absolute Gasteiger partial charge is 0.515 e. The predicted octanol–water partition coefficient (Wildman–Crippen LogP) is -1.53. The van der Waals surface area contributed by atoms with Crippen molar-refractivity contribution in [2.45, 2.75) is 0 Å². The Kier molecular flexibility index (Phi) is 5.52.